The Kier molecular flexibility index (Phi) is 5.77. The van der Waals surface area contributed by atoms with Crippen molar-refractivity contribution in [1.29, 1.82) is 0 Å². The predicted octanol–water partition coefficient (Wildman–Crippen LogP) is 1.31. The summed E-state index contributed by atoms with van der Waals surface area (Å²) < 4.78 is 1.08. The molecule has 1 heterocycles. The highest BCUT2D eigenvalue weighted by atomic mass is 16.6. The molecule has 0 unspecified atom stereocenters. The first-order valence-electron chi connectivity index (χ1n) is 7.67. The molecule has 132 valence electrons. The maximum atomic E-state index is 12.2. The molecule has 0 aliphatic rings. The van der Waals surface area contributed by atoms with Crippen molar-refractivity contribution in [2.45, 2.75) is 20.4 Å². The number of hydrogen-bond acceptors (Lipinski definition) is 6. The Hall–Kier alpha value is -3.30. The van der Waals surface area contributed by atoms with Crippen molar-refractivity contribution in [1.82, 2.24) is 19.7 Å². The summed E-state index contributed by atoms with van der Waals surface area (Å²) in [7, 11) is 0. The van der Waals surface area contributed by atoms with Crippen molar-refractivity contribution >= 4 is 23.5 Å². The molecule has 2 aromatic rings. The Bertz CT molecular complexity index is 767. The van der Waals surface area contributed by atoms with Crippen LogP contribution in [-0.4, -0.2) is 49.5 Å². The molecule has 10 nitrogen and oxygen atoms in total. The summed E-state index contributed by atoms with van der Waals surface area (Å²) in [6, 6.07) is 6.52. The van der Waals surface area contributed by atoms with E-state index in [1.165, 1.54) is 0 Å². The standard InChI is InChI=1S/C15H18N6O4/c1-3-19(4-2)14(23)11-5-7-12(8-6-11)17-13(22)9-20-10-16-15(18-20)21(24)25/h5-8,10H,3-4,9H2,1-2H3,(H,17,22). The molecular formula is C15H18N6O4. The van der Waals surface area contributed by atoms with E-state index >= 15 is 0 Å². The Morgan fingerprint density at radius 3 is 2.40 bits per heavy atom. The molecule has 0 bridgehead atoms. The van der Waals surface area contributed by atoms with Crippen LogP contribution in [0.5, 0.6) is 0 Å². The van der Waals surface area contributed by atoms with Gasteiger partial charge in [0, 0.05) is 29.4 Å². The van der Waals surface area contributed by atoms with Crippen molar-refractivity contribution in [2.24, 2.45) is 0 Å². The number of carbonyl (C=O) groups excluding carboxylic acids is 2. The molecule has 0 saturated carbocycles. The van der Waals surface area contributed by atoms with E-state index in [-0.39, 0.29) is 12.5 Å². The molecular weight excluding hydrogens is 328 g/mol. The van der Waals surface area contributed by atoms with Gasteiger partial charge in [-0.1, -0.05) is 4.98 Å². The highest BCUT2D eigenvalue weighted by molar-refractivity contribution is 5.95. The van der Waals surface area contributed by atoms with Gasteiger partial charge >= 0.3 is 5.95 Å². The zero-order valence-electron chi connectivity index (χ0n) is 13.9. The maximum absolute atomic E-state index is 12.2. The molecule has 1 aromatic carbocycles. The largest absolute Gasteiger partial charge is 0.490 e. The molecule has 1 N–H and O–H groups in total. The zero-order chi connectivity index (χ0) is 18.4. The molecule has 1 aromatic heterocycles. The van der Waals surface area contributed by atoms with Crippen molar-refractivity contribution < 1.29 is 14.5 Å². The van der Waals surface area contributed by atoms with Gasteiger partial charge in [0.15, 0.2) is 0 Å². The number of anilines is 1. The Balaban J connectivity index is 1.97. The minimum Gasteiger partial charge on any atom is -0.390 e. The summed E-state index contributed by atoms with van der Waals surface area (Å²) in [6.07, 6.45) is 1.11. The van der Waals surface area contributed by atoms with Gasteiger partial charge in [-0.3, -0.25) is 9.59 Å². The number of hydrogen-bond donors (Lipinski definition) is 1. The minimum atomic E-state index is -0.736. The Morgan fingerprint density at radius 2 is 1.88 bits per heavy atom. The lowest BCUT2D eigenvalue weighted by atomic mass is 10.1. The first-order chi connectivity index (χ1) is 11.9. The lowest BCUT2D eigenvalue weighted by molar-refractivity contribution is -0.394. The number of nitro groups is 1. The van der Waals surface area contributed by atoms with Crippen LogP contribution >= 0.6 is 0 Å². The third-order valence-electron chi connectivity index (χ3n) is 3.46. The lowest BCUT2D eigenvalue weighted by Crippen LogP contribution is -2.30. The highest BCUT2D eigenvalue weighted by Crippen LogP contribution is 2.12. The number of amides is 2. The van der Waals surface area contributed by atoms with Gasteiger partial charge in [-0.2, -0.15) is 4.68 Å². The van der Waals surface area contributed by atoms with Gasteiger partial charge in [-0.15, -0.1) is 0 Å². The number of carbonyl (C=O) groups is 2. The van der Waals surface area contributed by atoms with Crippen LogP contribution in [0.2, 0.25) is 0 Å². The van der Waals surface area contributed by atoms with E-state index < -0.39 is 16.8 Å². The average Bonchev–Trinajstić information content (AvgIpc) is 3.05. The second-order valence-corrected chi connectivity index (χ2v) is 5.10. The van der Waals surface area contributed by atoms with E-state index in [0.29, 0.717) is 24.3 Å². The van der Waals surface area contributed by atoms with Crippen molar-refractivity contribution in [2.75, 3.05) is 18.4 Å². The smallest absolute Gasteiger partial charge is 0.390 e. The molecule has 0 aliphatic heterocycles. The molecule has 0 fully saturated rings. The summed E-state index contributed by atoms with van der Waals surface area (Å²) >= 11 is 0. The average molecular weight is 346 g/mol. The van der Waals surface area contributed by atoms with Crippen molar-refractivity contribution in [3.05, 3.63) is 46.3 Å². The monoisotopic (exact) mass is 346 g/mol. The summed E-state index contributed by atoms with van der Waals surface area (Å²) in [5.41, 5.74) is 1.05. The molecule has 2 amide bonds. The van der Waals surface area contributed by atoms with Gasteiger partial charge in [0.25, 0.3) is 5.91 Å². The second kappa shape index (κ2) is 7.99. The SMILES string of the molecule is CCN(CC)C(=O)c1ccc(NC(=O)Cn2cnc([N+](=O)[O-])n2)cc1. The van der Waals surface area contributed by atoms with Crippen LogP contribution in [0.4, 0.5) is 11.6 Å². The zero-order valence-corrected chi connectivity index (χ0v) is 13.9. The van der Waals surface area contributed by atoms with Gasteiger partial charge in [0.2, 0.25) is 12.2 Å². The van der Waals surface area contributed by atoms with E-state index in [2.05, 4.69) is 15.4 Å². The number of rotatable bonds is 7. The fourth-order valence-corrected chi connectivity index (χ4v) is 2.18. The minimum absolute atomic E-state index is 0.0715. The third kappa shape index (κ3) is 4.59. The predicted molar refractivity (Wildman–Crippen MR) is 89.0 cm³/mol. The molecule has 25 heavy (non-hydrogen) atoms. The molecule has 0 spiro atoms. The topological polar surface area (TPSA) is 123 Å². The van der Waals surface area contributed by atoms with E-state index in [1.54, 1.807) is 29.2 Å². The molecule has 0 atom stereocenters. The van der Waals surface area contributed by atoms with Crippen LogP contribution < -0.4 is 5.32 Å². The molecule has 2 rings (SSSR count). The molecule has 0 aliphatic carbocycles. The second-order valence-electron chi connectivity index (χ2n) is 5.10. The van der Waals surface area contributed by atoms with Crippen molar-refractivity contribution in [3.8, 4) is 0 Å². The number of aromatic nitrogens is 3. The van der Waals surface area contributed by atoms with Gasteiger partial charge < -0.3 is 20.3 Å². The third-order valence-corrected chi connectivity index (χ3v) is 3.46. The number of benzene rings is 1. The first-order valence-corrected chi connectivity index (χ1v) is 7.67. The maximum Gasteiger partial charge on any atom is 0.490 e. The quantitative estimate of drug-likeness (QED) is 0.595. The molecule has 0 radical (unpaired) electrons. The van der Waals surface area contributed by atoms with Gasteiger partial charge in [-0.25, -0.2) is 0 Å². The van der Waals surface area contributed by atoms with Crippen LogP contribution in [0.15, 0.2) is 30.6 Å². The first kappa shape index (κ1) is 18.0. The van der Waals surface area contributed by atoms with Crippen LogP contribution in [0.3, 0.4) is 0 Å². The highest BCUT2D eigenvalue weighted by Gasteiger charge is 2.16. The van der Waals surface area contributed by atoms with Gasteiger partial charge in [-0.05, 0) is 43.0 Å². The summed E-state index contributed by atoms with van der Waals surface area (Å²) in [5, 5.41) is 16.7. The fourth-order valence-electron chi connectivity index (χ4n) is 2.18. The summed E-state index contributed by atoms with van der Waals surface area (Å²) in [4.78, 5) is 39.1. The Labute approximate surface area is 143 Å². The molecule has 10 heteroatoms. The van der Waals surface area contributed by atoms with Crippen LogP contribution in [0.1, 0.15) is 24.2 Å². The van der Waals surface area contributed by atoms with E-state index in [0.717, 1.165) is 11.0 Å². The van der Waals surface area contributed by atoms with Crippen LogP contribution in [0.25, 0.3) is 0 Å². The Morgan fingerprint density at radius 1 is 1.24 bits per heavy atom. The van der Waals surface area contributed by atoms with Crippen LogP contribution in [0, 0.1) is 10.1 Å². The number of nitrogens with zero attached hydrogens (tertiary/aromatic N) is 5. The van der Waals surface area contributed by atoms with E-state index in [1.807, 2.05) is 13.8 Å². The van der Waals surface area contributed by atoms with E-state index in [4.69, 9.17) is 0 Å². The van der Waals surface area contributed by atoms with E-state index in [9.17, 15) is 19.7 Å². The van der Waals surface area contributed by atoms with Gasteiger partial charge in [0.1, 0.15) is 6.54 Å². The fraction of sp³-hybridized carbons (Fsp3) is 0.333. The van der Waals surface area contributed by atoms with Gasteiger partial charge in [0.05, 0.1) is 0 Å². The summed E-state index contributed by atoms with van der Waals surface area (Å²) in [6.45, 7) is 4.85. The normalized spacial score (nSPS) is 10.3. The van der Waals surface area contributed by atoms with Crippen molar-refractivity contribution in [3.63, 3.8) is 0 Å². The molecule has 0 saturated heterocycles. The number of nitrogens with one attached hydrogen (secondary N) is 1. The summed E-state index contributed by atoms with van der Waals surface area (Å²) in [5.74, 6) is -1.05. The lowest BCUT2D eigenvalue weighted by Gasteiger charge is -2.18. The van der Waals surface area contributed by atoms with Crippen LogP contribution in [-0.2, 0) is 11.3 Å².